The summed E-state index contributed by atoms with van der Waals surface area (Å²) in [6.07, 6.45) is 2.86. The molecule has 2 rings (SSSR count). The molecule has 0 bridgehead atoms. The van der Waals surface area contributed by atoms with Crippen molar-refractivity contribution in [3.05, 3.63) is 27.6 Å². The van der Waals surface area contributed by atoms with Crippen LogP contribution in [0.3, 0.4) is 0 Å². The number of aromatic nitrogens is 4. The van der Waals surface area contributed by atoms with E-state index in [0.29, 0.717) is 12.4 Å². The molecule has 0 unspecified atom stereocenters. The van der Waals surface area contributed by atoms with Crippen molar-refractivity contribution in [3.63, 3.8) is 0 Å². The number of nitrogens with two attached hydrogens (primary N) is 1. The van der Waals surface area contributed by atoms with Crippen molar-refractivity contribution in [1.82, 2.24) is 19.6 Å². The van der Waals surface area contributed by atoms with E-state index in [4.69, 9.17) is 5.73 Å². The number of anilines is 1. The van der Waals surface area contributed by atoms with E-state index in [9.17, 15) is 0 Å². The van der Waals surface area contributed by atoms with E-state index in [1.807, 2.05) is 29.5 Å². The molecule has 0 aliphatic heterocycles. The first-order valence-corrected chi connectivity index (χ1v) is 6.32. The third-order valence-electron chi connectivity index (χ3n) is 2.80. The molecule has 0 aliphatic carbocycles. The summed E-state index contributed by atoms with van der Waals surface area (Å²) in [5, 5.41) is 8.71. The maximum Gasteiger partial charge on any atom is 0.148 e. The molecule has 0 aromatic carbocycles. The Kier molecular flexibility index (Phi) is 3.24. The van der Waals surface area contributed by atoms with Gasteiger partial charge in [-0.2, -0.15) is 10.2 Å². The molecular formula is C11H16BrN5. The van der Waals surface area contributed by atoms with Crippen LogP contribution in [-0.4, -0.2) is 19.6 Å². The zero-order chi connectivity index (χ0) is 12.6. The Labute approximate surface area is 109 Å². The number of halogens is 1. The second-order valence-corrected chi connectivity index (χ2v) is 4.87. The average molecular weight is 298 g/mol. The van der Waals surface area contributed by atoms with Crippen LogP contribution in [0.15, 0.2) is 10.7 Å². The molecule has 2 aromatic rings. The van der Waals surface area contributed by atoms with Crippen LogP contribution in [0.5, 0.6) is 0 Å². The molecular weight excluding hydrogens is 282 g/mol. The number of nitrogen functional groups attached to an aromatic ring is 1. The number of aryl methyl sites for hydroxylation is 3. The van der Waals surface area contributed by atoms with Crippen molar-refractivity contribution in [2.45, 2.75) is 26.8 Å². The first-order chi connectivity index (χ1) is 8.02. The minimum Gasteiger partial charge on any atom is -0.382 e. The molecule has 0 saturated heterocycles. The minimum atomic E-state index is 0.582. The topological polar surface area (TPSA) is 61.7 Å². The fourth-order valence-corrected chi connectivity index (χ4v) is 2.50. The molecule has 0 amide bonds. The molecule has 0 fully saturated rings. The zero-order valence-corrected chi connectivity index (χ0v) is 11.8. The highest BCUT2D eigenvalue weighted by atomic mass is 79.9. The predicted octanol–water partition coefficient (Wildman–Crippen LogP) is 1.88. The Morgan fingerprint density at radius 3 is 2.59 bits per heavy atom. The van der Waals surface area contributed by atoms with E-state index in [-0.39, 0.29) is 0 Å². The second-order valence-electron chi connectivity index (χ2n) is 4.08. The summed E-state index contributed by atoms with van der Waals surface area (Å²) in [7, 11) is 1.94. The SMILES string of the molecule is CCc1nn(C)c(Cn2cc(C)c(N)n2)c1Br. The van der Waals surface area contributed by atoms with Crippen molar-refractivity contribution in [2.24, 2.45) is 7.05 Å². The Balaban J connectivity index is 2.32. The van der Waals surface area contributed by atoms with E-state index < -0.39 is 0 Å². The maximum atomic E-state index is 5.74. The molecule has 92 valence electrons. The lowest BCUT2D eigenvalue weighted by Crippen LogP contribution is -2.06. The highest BCUT2D eigenvalue weighted by Crippen LogP contribution is 2.22. The fourth-order valence-electron chi connectivity index (χ4n) is 1.76. The summed E-state index contributed by atoms with van der Waals surface area (Å²) in [6, 6.07) is 0. The van der Waals surface area contributed by atoms with Gasteiger partial charge in [-0.3, -0.25) is 9.36 Å². The van der Waals surface area contributed by atoms with Gasteiger partial charge in [0.2, 0.25) is 0 Å². The molecule has 0 aliphatic rings. The first-order valence-electron chi connectivity index (χ1n) is 5.52. The van der Waals surface area contributed by atoms with Crippen molar-refractivity contribution in [2.75, 3.05) is 5.73 Å². The number of hydrogen-bond donors (Lipinski definition) is 1. The minimum absolute atomic E-state index is 0.582. The summed E-state index contributed by atoms with van der Waals surface area (Å²) in [5.41, 5.74) is 8.90. The first kappa shape index (κ1) is 12.2. The third kappa shape index (κ3) is 2.22. The fraction of sp³-hybridized carbons (Fsp3) is 0.455. The molecule has 6 heteroatoms. The van der Waals surface area contributed by atoms with Gasteiger partial charge in [0.25, 0.3) is 0 Å². The van der Waals surface area contributed by atoms with Crippen LogP contribution in [0.1, 0.15) is 23.9 Å². The van der Waals surface area contributed by atoms with Gasteiger partial charge in [-0.1, -0.05) is 6.92 Å². The van der Waals surface area contributed by atoms with E-state index in [1.54, 1.807) is 0 Å². The van der Waals surface area contributed by atoms with Crippen LogP contribution >= 0.6 is 15.9 Å². The number of hydrogen-bond acceptors (Lipinski definition) is 3. The standard InChI is InChI=1S/C11H16BrN5/c1-4-8-10(12)9(16(3)14-8)6-17-5-7(2)11(13)15-17/h5H,4,6H2,1-3H3,(H2,13,15). The van der Waals surface area contributed by atoms with Crippen LogP contribution in [0, 0.1) is 6.92 Å². The quantitative estimate of drug-likeness (QED) is 0.941. The van der Waals surface area contributed by atoms with Gasteiger partial charge in [0, 0.05) is 18.8 Å². The van der Waals surface area contributed by atoms with Crippen molar-refractivity contribution < 1.29 is 0 Å². The van der Waals surface area contributed by atoms with E-state index in [0.717, 1.165) is 27.8 Å². The Bertz CT molecular complexity index is 521. The Morgan fingerprint density at radius 2 is 2.12 bits per heavy atom. The summed E-state index contributed by atoms with van der Waals surface area (Å²) >= 11 is 3.59. The van der Waals surface area contributed by atoms with Crippen LogP contribution in [-0.2, 0) is 20.0 Å². The van der Waals surface area contributed by atoms with Crippen molar-refractivity contribution >= 4 is 21.7 Å². The summed E-state index contributed by atoms with van der Waals surface area (Å²) in [5.74, 6) is 0.582. The van der Waals surface area contributed by atoms with E-state index >= 15 is 0 Å². The highest BCUT2D eigenvalue weighted by Gasteiger charge is 2.13. The lowest BCUT2D eigenvalue weighted by Gasteiger charge is -2.03. The summed E-state index contributed by atoms with van der Waals surface area (Å²) in [4.78, 5) is 0. The lowest BCUT2D eigenvalue weighted by molar-refractivity contribution is 0.617. The van der Waals surface area contributed by atoms with E-state index in [1.165, 1.54) is 0 Å². The van der Waals surface area contributed by atoms with Gasteiger partial charge in [-0.25, -0.2) is 0 Å². The molecule has 0 saturated carbocycles. The van der Waals surface area contributed by atoms with Gasteiger partial charge in [0.15, 0.2) is 0 Å². The Morgan fingerprint density at radius 1 is 1.41 bits per heavy atom. The van der Waals surface area contributed by atoms with Crippen molar-refractivity contribution in [1.29, 1.82) is 0 Å². The van der Waals surface area contributed by atoms with Crippen LogP contribution in [0.4, 0.5) is 5.82 Å². The normalized spacial score (nSPS) is 11.1. The van der Waals surface area contributed by atoms with Crippen LogP contribution < -0.4 is 5.73 Å². The smallest absolute Gasteiger partial charge is 0.148 e. The molecule has 5 nitrogen and oxygen atoms in total. The average Bonchev–Trinajstić information content (AvgIpc) is 2.73. The zero-order valence-electron chi connectivity index (χ0n) is 10.2. The number of nitrogens with zero attached hydrogens (tertiary/aromatic N) is 4. The predicted molar refractivity (Wildman–Crippen MR) is 70.8 cm³/mol. The Hall–Kier alpha value is -1.30. The molecule has 0 radical (unpaired) electrons. The van der Waals surface area contributed by atoms with Gasteiger partial charge >= 0.3 is 0 Å². The molecule has 2 N–H and O–H groups in total. The van der Waals surface area contributed by atoms with Gasteiger partial charge in [-0.15, -0.1) is 0 Å². The molecule has 2 aromatic heterocycles. The lowest BCUT2D eigenvalue weighted by atomic mass is 10.3. The van der Waals surface area contributed by atoms with Crippen molar-refractivity contribution in [3.8, 4) is 0 Å². The van der Waals surface area contributed by atoms with Gasteiger partial charge in [-0.05, 0) is 29.3 Å². The largest absolute Gasteiger partial charge is 0.382 e. The van der Waals surface area contributed by atoms with Gasteiger partial charge < -0.3 is 5.73 Å². The molecule has 0 atom stereocenters. The van der Waals surface area contributed by atoms with Crippen LogP contribution in [0.2, 0.25) is 0 Å². The summed E-state index contributed by atoms with van der Waals surface area (Å²) in [6.45, 7) is 4.71. The monoisotopic (exact) mass is 297 g/mol. The second kappa shape index (κ2) is 4.52. The van der Waals surface area contributed by atoms with Gasteiger partial charge in [0.1, 0.15) is 5.82 Å². The molecule has 17 heavy (non-hydrogen) atoms. The molecule has 0 spiro atoms. The van der Waals surface area contributed by atoms with Crippen LogP contribution in [0.25, 0.3) is 0 Å². The highest BCUT2D eigenvalue weighted by molar-refractivity contribution is 9.10. The van der Waals surface area contributed by atoms with E-state index in [2.05, 4.69) is 33.1 Å². The maximum absolute atomic E-state index is 5.74. The molecule has 2 heterocycles. The third-order valence-corrected chi connectivity index (χ3v) is 3.71. The number of rotatable bonds is 3. The van der Waals surface area contributed by atoms with Gasteiger partial charge in [0.05, 0.1) is 22.4 Å². The summed E-state index contributed by atoms with van der Waals surface area (Å²) < 4.78 is 4.79.